The zero-order chi connectivity index (χ0) is 13.3. The zero-order valence-corrected chi connectivity index (χ0v) is 12.1. The number of nitrogens with zero attached hydrogens (tertiary/aromatic N) is 2. The predicted molar refractivity (Wildman–Crippen MR) is 74.7 cm³/mol. The SMILES string of the molecule is CN(C)CC(C)(C)Cn1ccc2c1CCCC2O. The Kier molecular flexibility index (Phi) is 3.83. The van der Waals surface area contributed by atoms with Crippen LogP contribution in [0.15, 0.2) is 12.3 Å². The molecule has 102 valence electrons. The number of aromatic nitrogens is 1. The van der Waals surface area contributed by atoms with E-state index in [0.29, 0.717) is 0 Å². The van der Waals surface area contributed by atoms with Crippen molar-refractivity contribution < 1.29 is 5.11 Å². The van der Waals surface area contributed by atoms with Gasteiger partial charge in [-0.1, -0.05) is 13.8 Å². The monoisotopic (exact) mass is 250 g/mol. The Hall–Kier alpha value is -0.800. The molecule has 0 saturated carbocycles. The van der Waals surface area contributed by atoms with Crippen LogP contribution < -0.4 is 0 Å². The molecule has 0 aliphatic heterocycles. The number of aliphatic hydroxyl groups excluding tert-OH is 1. The summed E-state index contributed by atoms with van der Waals surface area (Å²) >= 11 is 0. The van der Waals surface area contributed by atoms with Crippen LogP contribution in [-0.4, -0.2) is 35.2 Å². The summed E-state index contributed by atoms with van der Waals surface area (Å²) in [7, 11) is 4.24. The normalized spacial score (nSPS) is 20.2. The van der Waals surface area contributed by atoms with Gasteiger partial charge in [-0.25, -0.2) is 0 Å². The quantitative estimate of drug-likeness (QED) is 0.889. The Morgan fingerprint density at radius 3 is 2.83 bits per heavy atom. The minimum absolute atomic E-state index is 0.244. The van der Waals surface area contributed by atoms with Gasteiger partial charge in [0, 0.05) is 30.5 Å². The lowest BCUT2D eigenvalue weighted by Gasteiger charge is -2.30. The first-order valence-corrected chi connectivity index (χ1v) is 6.90. The maximum absolute atomic E-state index is 10.00. The van der Waals surface area contributed by atoms with E-state index in [1.54, 1.807) is 0 Å². The number of fused-ring (bicyclic) bond motifs is 1. The fourth-order valence-electron chi connectivity index (χ4n) is 3.25. The molecule has 0 radical (unpaired) electrons. The van der Waals surface area contributed by atoms with Crippen molar-refractivity contribution >= 4 is 0 Å². The van der Waals surface area contributed by atoms with Crippen molar-refractivity contribution in [3.8, 4) is 0 Å². The van der Waals surface area contributed by atoms with Crippen LogP contribution in [0.4, 0.5) is 0 Å². The predicted octanol–water partition coefficient (Wildman–Crippen LogP) is 2.45. The van der Waals surface area contributed by atoms with E-state index in [9.17, 15) is 5.11 Å². The van der Waals surface area contributed by atoms with Crippen LogP contribution in [0.2, 0.25) is 0 Å². The van der Waals surface area contributed by atoms with E-state index in [2.05, 4.69) is 49.7 Å². The lowest BCUT2D eigenvalue weighted by molar-refractivity contribution is 0.154. The molecular weight excluding hydrogens is 224 g/mol. The van der Waals surface area contributed by atoms with Gasteiger partial charge in [0.15, 0.2) is 0 Å². The van der Waals surface area contributed by atoms with E-state index in [-0.39, 0.29) is 11.5 Å². The van der Waals surface area contributed by atoms with Gasteiger partial charge in [0.1, 0.15) is 0 Å². The van der Waals surface area contributed by atoms with Crippen molar-refractivity contribution in [1.29, 1.82) is 0 Å². The number of hydrogen-bond acceptors (Lipinski definition) is 2. The van der Waals surface area contributed by atoms with Gasteiger partial charge in [-0.2, -0.15) is 0 Å². The molecule has 0 aromatic carbocycles. The summed E-state index contributed by atoms with van der Waals surface area (Å²) in [5.41, 5.74) is 2.75. The summed E-state index contributed by atoms with van der Waals surface area (Å²) in [6.07, 6.45) is 5.03. The molecule has 1 aliphatic rings. The maximum Gasteiger partial charge on any atom is 0.0807 e. The molecule has 1 aromatic rings. The molecule has 0 saturated heterocycles. The highest BCUT2D eigenvalue weighted by Crippen LogP contribution is 2.32. The molecule has 1 atom stereocenters. The maximum atomic E-state index is 10.00. The summed E-state index contributed by atoms with van der Waals surface area (Å²) in [4.78, 5) is 2.24. The third-order valence-corrected chi connectivity index (χ3v) is 3.71. The van der Waals surface area contributed by atoms with Crippen LogP contribution >= 0.6 is 0 Å². The molecule has 0 spiro atoms. The highest BCUT2D eigenvalue weighted by Gasteiger charge is 2.25. The fourth-order valence-corrected chi connectivity index (χ4v) is 3.25. The van der Waals surface area contributed by atoms with Crippen LogP contribution in [0.25, 0.3) is 0 Å². The van der Waals surface area contributed by atoms with Crippen molar-refractivity contribution in [3.63, 3.8) is 0 Å². The molecule has 0 fully saturated rings. The van der Waals surface area contributed by atoms with E-state index < -0.39 is 0 Å². The molecule has 18 heavy (non-hydrogen) atoms. The number of aliphatic hydroxyl groups is 1. The first-order chi connectivity index (χ1) is 8.39. The van der Waals surface area contributed by atoms with Gasteiger partial charge in [-0.3, -0.25) is 0 Å². The average Bonchev–Trinajstić information content (AvgIpc) is 2.60. The number of hydrogen-bond donors (Lipinski definition) is 1. The zero-order valence-electron chi connectivity index (χ0n) is 12.1. The molecule has 0 amide bonds. The molecule has 1 unspecified atom stereocenters. The minimum atomic E-state index is -0.244. The summed E-state index contributed by atoms with van der Waals surface area (Å²) in [6.45, 7) is 6.70. The lowest BCUT2D eigenvalue weighted by atomic mass is 9.91. The molecule has 0 bridgehead atoms. The Bertz CT molecular complexity index is 407. The summed E-state index contributed by atoms with van der Waals surface area (Å²) in [5.74, 6) is 0. The fraction of sp³-hybridized carbons (Fsp3) is 0.733. The van der Waals surface area contributed by atoms with Crippen LogP contribution in [0.3, 0.4) is 0 Å². The van der Waals surface area contributed by atoms with Gasteiger partial charge in [0.05, 0.1) is 6.10 Å². The average molecular weight is 250 g/mol. The van der Waals surface area contributed by atoms with E-state index in [1.165, 1.54) is 5.69 Å². The molecule has 3 heteroatoms. The van der Waals surface area contributed by atoms with Gasteiger partial charge in [-0.05, 0) is 44.8 Å². The van der Waals surface area contributed by atoms with E-state index in [4.69, 9.17) is 0 Å². The summed E-state index contributed by atoms with van der Waals surface area (Å²) in [6, 6.07) is 2.10. The Morgan fingerprint density at radius 1 is 1.44 bits per heavy atom. The first-order valence-electron chi connectivity index (χ1n) is 6.90. The van der Waals surface area contributed by atoms with Crippen LogP contribution in [0.5, 0.6) is 0 Å². The Morgan fingerprint density at radius 2 is 2.17 bits per heavy atom. The van der Waals surface area contributed by atoms with Crippen molar-refractivity contribution in [2.24, 2.45) is 5.41 Å². The van der Waals surface area contributed by atoms with E-state index in [0.717, 1.165) is 37.9 Å². The topological polar surface area (TPSA) is 28.4 Å². The third kappa shape index (κ3) is 2.96. The highest BCUT2D eigenvalue weighted by atomic mass is 16.3. The van der Waals surface area contributed by atoms with Crippen molar-refractivity contribution in [1.82, 2.24) is 9.47 Å². The second-order valence-corrected chi connectivity index (χ2v) is 6.66. The first kappa shape index (κ1) is 13.6. The Labute approximate surface area is 110 Å². The van der Waals surface area contributed by atoms with E-state index >= 15 is 0 Å². The molecule has 1 aromatic heterocycles. The van der Waals surface area contributed by atoms with Gasteiger partial charge < -0.3 is 14.6 Å². The smallest absolute Gasteiger partial charge is 0.0807 e. The standard InChI is InChI=1S/C15H26N2O/c1-15(2,10-16(3)4)11-17-9-8-12-13(17)6-5-7-14(12)18/h8-9,14,18H,5-7,10-11H2,1-4H3. The molecule has 3 nitrogen and oxygen atoms in total. The highest BCUT2D eigenvalue weighted by molar-refractivity contribution is 5.27. The molecule has 1 heterocycles. The minimum Gasteiger partial charge on any atom is -0.388 e. The lowest BCUT2D eigenvalue weighted by Crippen LogP contribution is -2.32. The summed E-state index contributed by atoms with van der Waals surface area (Å²) < 4.78 is 2.35. The number of rotatable bonds is 4. The van der Waals surface area contributed by atoms with Gasteiger partial charge in [-0.15, -0.1) is 0 Å². The molecule has 1 aliphatic carbocycles. The van der Waals surface area contributed by atoms with Gasteiger partial charge in [0.25, 0.3) is 0 Å². The second-order valence-electron chi connectivity index (χ2n) is 6.66. The van der Waals surface area contributed by atoms with Crippen LogP contribution in [-0.2, 0) is 13.0 Å². The van der Waals surface area contributed by atoms with Crippen molar-refractivity contribution in [2.75, 3.05) is 20.6 Å². The van der Waals surface area contributed by atoms with E-state index in [1.807, 2.05) is 0 Å². The van der Waals surface area contributed by atoms with Crippen molar-refractivity contribution in [2.45, 2.75) is 45.8 Å². The molecular formula is C15H26N2O. The third-order valence-electron chi connectivity index (χ3n) is 3.71. The van der Waals surface area contributed by atoms with Crippen molar-refractivity contribution in [3.05, 3.63) is 23.5 Å². The summed E-state index contributed by atoms with van der Waals surface area (Å²) in [5, 5.41) is 10.00. The largest absolute Gasteiger partial charge is 0.388 e. The van der Waals surface area contributed by atoms with Crippen LogP contribution in [0.1, 0.15) is 44.1 Å². The molecule has 1 N–H and O–H groups in total. The van der Waals surface area contributed by atoms with Gasteiger partial charge in [0.2, 0.25) is 0 Å². The van der Waals surface area contributed by atoms with Crippen LogP contribution in [0, 0.1) is 5.41 Å². The van der Waals surface area contributed by atoms with Gasteiger partial charge >= 0.3 is 0 Å². The second kappa shape index (κ2) is 5.06. The molecule has 2 rings (SSSR count). The Balaban J connectivity index is 2.15.